The number of hydrogen-bond acceptors (Lipinski definition) is 3. The SMILES string of the molecule is CC(C)CCN1CCN(C2CCN(C)CC2)CC1. The van der Waals surface area contributed by atoms with Crippen molar-refractivity contribution in [1.29, 1.82) is 0 Å². The maximum absolute atomic E-state index is 2.75. The molecule has 0 bridgehead atoms. The molecule has 0 aromatic carbocycles. The predicted octanol–water partition coefficient (Wildman–Crippen LogP) is 1.74. The summed E-state index contributed by atoms with van der Waals surface area (Å²) >= 11 is 0. The fourth-order valence-electron chi connectivity index (χ4n) is 3.15. The van der Waals surface area contributed by atoms with Crippen LogP contribution in [0.25, 0.3) is 0 Å². The zero-order valence-electron chi connectivity index (χ0n) is 12.6. The minimum atomic E-state index is 0.844. The molecule has 2 aliphatic rings. The molecule has 0 atom stereocenters. The van der Waals surface area contributed by atoms with Crippen molar-refractivity contribution < 1.29 is 0 Å². The summed E-state index contributed by atoms with van der Waals surface area (Å²) < 4.78 is 0. The minimum absolute atomic E-state index is 0.844. The summed E-state index contributed by atoms with van der Waals surface area (Å²) in [5.74, 6) is 0.844. The van der Waals surface area contributed by atoms with E-state index in [9.17, 15) is 0 Å². The third kappa shape index (κ3) is 4.22. The van der Waals surface area contributed by atoms with Crippen molar-refractivity contribution >= 4 is 0 Å². The second-order valence-electron chi connectivity index (χ2n) is 6.59. The van der Waals surface area contributed by atoms with Gasteiger partial charge in [-0.1, -0.05) is 13.8 Å². The van der Waals surface area contributed by atoms with Crippen molar-refractivity contribution in [3.8, 4) is 0 Å². The molecule has 0 unspecified atom stereocenters. The van der Waals surface area contributed by atoms with Gasteiger partial charge in [0.1, 0.15) is 0 Å². The fourth-order valence-corrected chi connectivity index (χ4v) is 3.15. The van der Waals surface area contributed by atoms with E-state index in [0.717, 1.165) is 12.0 Å². The van der Waals surface area contributed by atoms with E-state index < -0.39 is 0 Å². The number of likely N-dealkylation sites (tertiary alicyclic amines) is 1. The van der Waals surface area contributed by atoms with Crippen molar-refractivity contribution in [3.63, 3.8) is 0 Å². The highest BCUT2D eigenvalue weighted by atomic mass is 15.3. The summed E-state index contributed by atoms with van der Waals surface area (Å²) in [6.07, 6.45) is 4.11. The molecule has 3 heteroatoms. The van der Waals surface area contributed by atoms with Gasteiger partial charge in [-0.05, 0) is 51.9 Å². The van der Waals surface area contributed by atoms with Gasteiger partial charge in [-0.3, -0.25) is 4.90 Å². The molecule has 0 aromatic heterocycles. The summed E-state index contributed by atoms with van der Waals surface area (Å²) in [6.45, 7) is 13.7. The lowest BCUT2D eigenvalue weighted by Gasteiger charge is -2.42. The molecular weight excluding hydrogens is 222 g/mol. The molecular formula is C15H31N3. The zero-order valence-corrected chi connectivity index (χ0v) is 12.6. The molecule has 0 aromatic rings. The summed E-state index contributed by atoms with van der Waals surface area (Å²) in [6, 6.07) is 0.869. The highest BCUT2D eigenvalue weighted by Crippen LogP contribution is 2.17. The van der Waals surface area contributed by atoms with E-state index in [4.69, 9.17) is 0 Å². The molecule has 106 valence electrons. The zero-order chi connectivity index (χ0) is 13.0. The molecule has 0 radical (unpaired) electrons. The van der Waals surface area contributed by atoms with Gasteiger partial charge in [0.15, 0.2) is 0 Å². The monoisotopic (exact) mass is 253 g/mol. The molecule has 2 saturated heterocycles. The van der Waals surface area contributed by atoms with Crippen LogP contribution in [-0.2, 0) is 0 Å². The maximum atomic E-state index is 2.75. The Kier molecular flexibility index (Phi) is 5.46. The van der Waals surface area contributed by atoms with E-state index >= 15 is 0 Å². The second-order valence-corrected chi connectivity index (χ2v) is 6.59. The number of piperidine rings is 1. The lowest BCUT2D eigenvalue weighted by molar-refractivity contribution is 0.0630. The average Bonchev–Trinajstić information content (AvgIpc) is 2.38. The number of piperazine rings is 1. The summed E-state index contributed by atoms with van der Waals surface area (Å²) in [5.41, 5.74) is 0. The number of rotatable bonds is 4. The molecule has 0 amide bonds. The Morgan fingerprint density at radius 1 is 0.944 bits per heavy atom. The van der Waals surface area contributed by atoms with E-state index in [0.29, 0.717) is 0 Å². The van der Waals surface area contributed by atoms with Gasteiger partial charge >= 0.3 is 0 Å². The topological polar surface area (TPSA) is 9.72 Å². The minimum Gasteiger partial charge on any atom is -0.306 e. The van der Waals surface area contributed by atoms with Crippen molar-refractivity contribution in [1.82, 2.24) is 14.7 Å². The van der Waals surface area contributed by atoms with Gasteiger partial charge in [-0.2, -0.15) is 0 Å². The predicted molar refractivity (Wildman–Crippen MR) is 78.0 cm³/mol. The van der Waals surface area contributed by atoms with Crippen LogP contribution in [-0.4, -0.2) is 73.6 Å². The first-order chi connectivity index (χ1) is 8.65. The van der Waals surface area contributed by atoms with Crippen LogP contribution >= 0.6 is 0 Å². The van der Waals surface area contributed by atoms with Crippen molar-refractivity contribution in [2.75, 3.05) is 52.9 Å². The van der Waals surface area contributed by atoms with E-state index in [1.54, 1.807) is 0 Å². The Labute approximate surface area is 113 Å². The molecule has 0 saturated carbocycles. The third-order valence-electron chi connectivity index (χ3n) is 4.63. The Bertz CT molecular complexity index is 226. The summed E-state index contributed by atoms with van der Waals surface area (Å²) in [7, 11) is 2.25. The summed E-state index contributed by atoms with van der Waals surface area (Å²) in [4.78, 5) is 7.87. The first kappa shape index (κ1) is 14.3. The second kappa shape index (κ2) is 6.88. The highest BCUT2D eigenvalue weighted by molar-refractivity contribution is 4.82. The Morgan fingerprint density at radius 3 is 2.11 bits per heavy atom. The third-order valence-corrected chi connectivity index (χ3v) is 4.63. The maximum Gasteiger partial charge on any atom is 0.0121 e. The molecule has 2 heterocycles. The number of hydrogen-bond donors (Lipinski definition) is 0. The van der Waals surface area contributed by atoms with Gasteiger partial charge in [-0.25, -0.2) is 0 Å². The van der Waals surface area contributed by atoms with E-state index in [1.807, 2.05) is 0 Å². The summed E-state index contributed by atoms with van der Waals surface area (Å²) in [5, 5.41) is 0. The average molecular weight is 253 g/mol. The van der Waals surface area contributed by atoms with E-state index in [-0.39, 0.29) is 0 Å². The lowest BCUT2D eigenvalue weighted by atomic mass is 10.0. The first-order valence-corrected chi connectivity index (χ1v) is 7.80. The normalized spacial score (nSPS) is 26.0. The Balaban J connectivity index is 1.67. The quantitative estimate of drug-likeness (QED) is 0.756. The molecule has 2 aliphatic heterocycles. The largest absolute Gasteiger partial charge is 0.306 e. The number of nitrogens with zero attached hydrogens (tertiary/aromatic N) is 3. The van der Waals surface area contributed by atoms with Crippen LogP contribution < -0.4 is 0 Å². The molecule has 3 nitrogen and oxygen atoms in total. The van der Waals surface area contributed by atoms with Crippen LogP contribution in [0, 0.1) is 5.92 Å². The van der Waals surface area contributed by atoms with Crippen LogP contribution in [0.2, 0.25) is 0 Å². The van der Waals surface area contributed by atoms with Gasteiger partial charge in [0.25, 0.3) is 0 Å². The molecule has 0 N–H and O–H groups in total. The lowest BCUT2D eigenvalue weighted by Crippen LogP contribution is -2.53. The van der Waals surface area contributed by atoms with Crippen LogP contribution in [0.15, 0.2) is 0 Å². The van der Waals surface area contributed by atoms with Crippen molar-refractivity contribution in [2.45, 2.75) is 39.2 Å². The van der Waals surface area contributed by atoms with Crippen LogP contribution in [0.1, 0.15) is 33.1 Å². The molecule has 0 spiro atoms. The fraction of sp³-hybridized carbons (Fsp3) is 1.00. The van der Waals surface area contributed by atoms with Gasteiger partial charge in [-0.15, -0.1) is 0 Å². The van der Waals surface area contributed by atoms with Crippen LogP contribution in [0.5, 0.6) is 0 Å². The standard InChI is InChI=1S/C15H31N3/c1-14(2)4-9-17-10-12-18(13-11-17)15-5-7-16(3)8-6-15/h14-15H,4-13H2,1-3H3. The highest BCUT2D eigenvalue weighted by Gasteiger charge is 2.26. The van der Waals surface area contributed by atoms with Gasteiger partial charge in [0.2, 0.25) is 0 Å². The van der Waals surface area contributed by atoms with Gasteiger partial charge in [0.05, 0.1) is 0 Å². The van der Waals surface area contributed by atoms with E-state index in [2.05, 4.69) is 35.6 Å². The van der Waals surface area contributed by atoms with Crippen LogP contribution in [0.4, 0.5) is 0 Å². The molecule has 2 rings (SSSR count). The van der Waals surface area contributed by atoms with Crippen molar-refractivity contribution in [2.24, 2.45) is 5.92 Å². The molecule has 0 aliphatic carbocycles. The smallest absolute Gasteiger partial charge is 0.0121 e. The van der Waals surface area contributed by atoms with E-state index in [1.165, 1.54) is 65.1 Å². The van der Waals surface area contributed by atoms with Crippen LogP contribution in [0.3, 0.4) is 0 Å². The first-order valence-electron chi connectivity index (χ1n) is 7.80. The van der Waals surface area contributed by atoms with Crippen molar-refractivity contribution in [3.05, 3.63) is 0 Å². The van der Waals surface area contributed by atoms with Gasteiger partial charge < -0.3 is 9.80 Å². The Hall–Kier alpha value is -0.120. The Morgan fingerprint density at radius 2 is 1.56 bits per heavy atom. The molecule has 2 fully saturated rings. The van der Waals surface area contributed by atoms with Gasteiger partial charge in [0, 0.05) is 32.2 Å². The molecule has 18 heavy (non-hydrogen) atoms.